The number of aromatic nitrogens is 1. The summed E-state index contributed by atoms with van der Waals surface area (Å²) in [6.45, 7) is 1.96. The molecule has 1 unspecified atom stereocenters. The molecule has 10 nitrogen and oxygen atoms in total. The van der Waals surface area contributed by atoms with Gasteiger partial charge in [0.25, 0.3) is 5.69 Å². The maximum Gasteiger partial charge on any atom is 0.330 e. The van der Waals surface area contributed by atoms with E-state index in [1.165, 1.54) is 30.4 Å². The Hall–Kier alpha value is -3.34. The molecule has 142 valence electrons. The predicted octanol–water partition coefficient (Wildman–Crippen LogP) is 3.41. The zero-order valence-electron chi connectivity index (χ0n) is 14.2. The summed E-state index contributed by atoms with van der Waals surface area (Å²) >= 11 is 0.955. The number of nitrogens with zero attached hydrogens (tertiary/aromatic N) is 3. The average Bonchev–Trinajstić information content (AvgIpc) is 3.13. The number of thiophene rings is 1. The van der Waals surface area contributed by atoms with Gasteiger partial charge in [0.1, 0.15) is 18.6 Å². The molecule has 0 aliphatic heterocycles. The summed E-state index contributed by atoms with van der Waals surface area (Å²) in [6, 6.07) is 5.50. The van der Waals surface area contributed by atoms with Crippen LogP contribution in [-0.2, 0) is 9.53 Å². The first-order chi connectivity index (χ1) is 12.9. The number of pyridine rings is 1. The van der Waals surface area contributed by atoms with Crippen molar-refractivity contribution in [3.8, 4) is 0 Å². The Bertz CT molecular complexity index is 849. The smallest absolute Gasteiger partial charge is 0.330 e. The number of carbonyl (C=O) groups is 1. The van der Waals surface area contributed by atoms with Crippen LogP contribution in [-0.4, -0.2) is 33.4 Å². The number of hydrogen-bond donors (Lipinski definition) is 1. The zero-order valence-corrected chi connectivity index (χ0v) is 15.0. The lowest BCUT2D eigenvalue weighted by atomic mass is 10.2. The Morgan fingerprint density at radius 1 is 1.30 bits per heavy atom. The maximum absolute atomic E-state index is 11.8. The molecule has 2 aromatic rings. The number of nitrogens with one attached hydrogen (secondary N) is 1. The first-order valence-electron chi connectivity index (χ1n) is 7.85. The summed E-state index contributed by atoms with van der Waals surface area (Å²) < 4.78 is 5.15. The molecular formula is C16H16N4O6S. The second-order valence-electron chi connectivity index (χ2n) is 5.30. The van der Waals surface area contributed by atoms with E-state index in [1.807, 2.05) is 6.92 Å². The Labute approximate surface area is 157 Å². The van der Waals surface area contributed by atoms with Crippen LogP contribution in [0.1, 0.15) is 18.2 Å². The molecule has 0 bridgehead atoms. The molecule has 0 spiro atoms. The molecule has 27 heavy (non-hydrogen) atoms. The minimum atomic E-state index is -0.581. The van der Waals surface area contributed by atoms with Gasteiger partial charge in [-0.1, -0.05) is 18.3 Å². The van der Waals surface area contributed by atoms with Gasteiger partial charge in [-0.15, -0.1) is 0 Å². The topological polar surface area (TPSA) is 138 Å². The SMILES string of the molecule is CCC(COC(=O)/C=C/c1ccc([N+](=O)[O-])s1)Nc1ccc([N+](=O)[O-])cn1. The second-order valence-corrected chi connectivity index (χ2v) is 6.40. The molecular weight excluding hydrogens is 376 g/mol. The lowest BCUT2D eigenvalue weighted by molar-refractivity contribution is -0.385. The molecule has 0 radical (unpaired) electrons. The molecule has 0 amide bonds. The van der Waals surface area contributed by atoms with Crippen LogP contribution < -0.4 is 5.32 Å². The Morgan fingerprint density at radius 3 is 2.63 bits per heavy atom. The van der Waals surface area contributed by atoms with Crippen LogP contribution in [0.25, 0.3) is 6.08 Å². The fourth-order valence-electron chi connectivity index (χ4n) is 1.96. The van der Waals surface area contributed by atoms with Crippen molar-refractivity contribution in [1.82, 2.24) is 4.98 Å². The molecule has 0 aliphatic rings. The van der Waals surface area contributed by atoms with Crippen LogP contribution in [0.4, 0.5) is 16.5 Å². The van der Waals surface area contributed by atoms with E-state index in [-0.39, 0.29) is 23.3 Å². The van der Waals surface area contributed by atoms with Gasteiger partial charge in [-0.05, 0) is 24.6 Å². The number of esters is 1. The van der Waals surface area contributed by atoms with Gasteiger partial charge in [0.05, 0.1) is 15.9 Å². The molecule has 0 saturated heterocycles. The molecule has 0 saturated carbocycles. The standard InChI is InChI=1S/C16H16N4O6S/c1-2-11(18-14-6-3-12(9-17-14)19(22)23)10-26-16(21)8-5-13-4-7-15(27-13)20(24)25/h3-9,11H,2,10H2,1H3,(H,17,18)/b8-5+. The predicted molar refractivity (Wildman–Crippen MR) is 99.6 cm³/mol. The molecule has 11 heteroatoms. The van der Waals surface area contributed by atoms with Crippen LogP contribution in [0.5, 0.6) is 0 Å². The highest BCUT2D eigenvalue weighted by Gasteiger charge is 2.12. The fraction of sp³-hybridized carbons (Fsp3) is 0.250. The van der Waals surface area contributed by atoms with E-state index in [0.29, 0.717) is 17.1 Å². The van der Waals surface area contributed by atoms with Crippen molar-refractivity contribution in [2.45, 2.75) is 19.4 Å². The van der Waals surface area contributed by atoms with E-state index in [0.717, 1.165) is 17.5 Å². The number of rotatable bonds is 9. The summed E-state index contributed by atoms with van der Waals surface area (Å²) in [4.78, 5) is 36.5. The normalized spacial score (nSPS) is 11.9. The molecule has 1 atom stereocenters. The van der Waals surface area contributed by atoms with Crippen molar-refractivity contribution in [2.75, 3.05) is 11.9 Å². The van der Waals surface area contributed by atoms with Crippen LogP contribution in [0, 0.1) is 20.2 Å². The van der Waals surface area contributed by atoms with E-state index in [2.05, 4.69) is 10.3 Å². The highest BCUT2D eigenvalue weighted by Crippen LogP contribution is 2.24. The lowest BCUT2D eigenvalue weighted by Crippen LogP contribution is -2.26. The minimum absolute atomic E-state index is 0.00568. The molecule has 2 aromatic heterocycles. The van der Waals surface area contributed by atoms with Gasteiger partial charge in [0, 0.05) is 23.1 Å². The lowest BCUT2D eigenvalue weighted by Gasteiger charge is -2.16. The van der Waals surface area contributed by atoms with Crippen molar-refractivity contribution in [2.24, 2.45) is 0 Å². The quantitative estimate of drug-likeness (QED) is 0.296. The maximum atomic E-state index is 11.8. The highest BCUT2D eigenvalue weighted by molar-refractivity contribution is 7.16. The number of hydrogen-bond acceptors (Lipinski definition) is 9. The van der Waals surface area contributed by atoms with Gasteiger partial charge in [-0.2, -0.15) is 0 Å². The molecule has 2 rings (SSSR count). The van der Waals surface area contributed by atoms with Crippen molar-refractivity contribution >= 4 is 39.9 Å². The molecule has 0 aliphatic carbocycles. The van der Waals surface area contributed by atoms with Gasteiger partial charge < -0.3 is 10.1 Å². The molecule has 2 heterocycles. The third-order valence-electron chi connectivity index (χ3n) is 3.41. The summed E-state index contributed by atoms with van der Waals surface area (Å²) in [5.41, 5.74) is -0.112. The summed E-state index contributed by atoms with van der Waals surface area (Å²) in [7, 11) is 0. The Kier molecular flexibility index (Phi) is 6.94. The first-order valence-corrected chi connectivity index (χ1v) is 8.66. The molecule has 1 N–H and O–H groups in total. The van der Waals surface area contributed by atoms with Crippen LogP contribution >= 0.6 is 11.3 Å². The van der Waals surface area contributed by atoms with Gasteiger partial charge in [0.15, 0.2) is 0 Å². The Morgan fingerprint density at radius 2 is 2.07 bits per heavy atom. The van der Waals surface area contributed by atoms with Gasteiger partial charge in [-0.25, -0.2) is 9.78 Å². The average molecular weight is 392 g/mol. The molecule has 0 fully saturated rings. The van der Waals surface area contributed by atoms with Crippen LogP contribution in [0.15, 0.2) is 36.5 Å². The van der Waals surface area contributed by atoms with Crippen molar-refractivity contribution in [1.29, 1.82) is 0 Å². The van der Waals surface area contributed by atoms with Crippen molar-refractivity contribution < 1.29 is 19.4 Å². The first kappa shape index (κ1) is 20.0. The third-order valence-corrected chi connectivity index (χ3v) is 4.41. The number of anilines is 1. The highest BCUT2D eigenvalue weighted by atomic mass is 32.1. The monoisotopic (exact) mass is 392 g/mol. The van der Waals surface area contributed by atoms with Crippen LogP contribution in [0.3, 0.4) is 0 Å². The molecule has 0 aromatic carbocycles. The second kappa shape index (κ2) is 9.38. The minimum Gasteiger partial charge on any atom is -0.460 e. The number of carbonyl (C=O) groups excluding carboxylic acids is 1. The summed E-state index contributed by atoms with van der Waals surface area (Å²) in [5, 5.41) is 24.3. The van der Waals surface area contributed by atoms with Gasteiger partial charge >= 0.3 is 11.0 Å². The van der Waals surface area contributed by atoms with E-state index in [1.54, 1.807) is 6.07 Å². The van der Waals surface area contributed by atoms with Crippen molar-refractivity contribution in [3.05, 3.63) is 61.6 Å². The Balaban J connectivity index is 1.85. The zero-order chi connectivity index (χ0) is 19.8. The summed E-state index contributed by atoms with van der Waals surface area (Å²) in [5.74, 6) is -0.145. The number of ether oxygens (including phenoxy) is 1. The largest absolute Gasteiger partial charge is 0.460 e. The van der Waals surface area contributed by atoms with E-state index in [4.69, 9.17) is 4.74 Å². The number of nitro groups is 2. The van der Waals surface area contributed by atoms with E-state index in [9.17, 15) is 25.0 Å². The van der Waals surface area contributed by atoms with E-state index < -0.39 is 15.8 Å². The van der Waals surface area contributed by atoms with Crippen LogP contribution in [0.2, 0.25) is 0 Å². The van der Waals surface area contributed by atoms with Gasteiger partial charge in [0.2, 0.25) is 0 Å². The third kappa shape index (κ3) is 6.15. The van der Waals surface area contributed by atoms with Gasteiger partial charge in [-0.3, -0.25) is 20.2 Å². The fourth-order valence-corrected chi connectivity index (χ4v) is 2.69. The summed E-state index contributed by atoms with van der Waals surface area (Å²) in [6.07, 6.45) is 4.43. The van der Waals surface area contributed by atoms with E-state index >= 15 is 0 Å². The van der Waals surface area contributed by atoms with Crippen molar-refractivity contribution in [3.63, 3.8) is 0 Å².